The van der Waals surface area contributed by atoms with E-state index in [1.54, 1.807) is 17.8 Å². The topological polar surface area (TPSA) is 46.9 Å². The molecule has 0 bridgehead atoms. The molecule has 2 aliphatic rings. The lowest BCUT2D eigenvalue weighted by Gasteiger charge is -2.19. The lowest BCUT2D eigenvalue weighted by Crippen LogP contribution is -2.15. The summed E-state index contributed by atoms with van der Waals surface area (Å²) in [6, 6.07) is 5.59. The van der Waals surface area contributed by atoms with Crippen molar-refractivity contribution in [2.75, 3.05) is 11.1 Å². The van der Waals surface area contributed by atoms with Crippen LogP contribution in [0.1, 0.15) is 53.7 Å². The van der Waals surface area contributed by atoms with Gasteiger partial charge in [0.2, 0.25) is 5.91 Å². The van der Waals surface area contributed by atoms with Crippen molar-refractivity contribution in [2.24, 2.45) is 7.05 Å². The average molecular weight is 396 g/mol. The molecule has 2 aromatic rings. The molecule has 1 atom stereocenters. The Hall–Kier alpha value is -1.17. The third kappa shape index (κ3) is 3.18. The highest BCUT2D eigenvalue weighted by Crippen LogP contribution is 2.49. The molecule has 0 saturated heterocycles. The highest BCUT2D eigenvalue weighted by Gasteiger charge is 2.35. The normalized spacial score (nSPS) is 21.1. The number of thioether (sulfide) groups is 1. The summed E-state index contributed by atoms with van der Waals surface area (Å²) >= 11 is 14.2. The number of hydrogen-bond donors (Lipinski definition) is 1. The second-order valence-electron chi connectivity index (χ2n) is 6.66. The lowest BCUT2D eigenvalue weighted by molar-refractivity contribution is -0.113. The fourth-order valence-electron chi connectivity index (χ4n) is 3.84. The Balaban J connectivity index is 1.88. The molecule has 0 radical (unpaired) electrons. The van der Waals surface area contributed by atoms with Crippen LogP contribution in [-0.4, -0.2) is 21.4 Å². The number of halogens is 2. The fourth-order valence-corrected chi connectivity index (χ4v) is 5.60. The number of aromatic nitrogens is 2. The molecule has 1 aromatic heterocycles. The largest absolute Gasteiger partial charge is 0.310 e. The van der Waals surface area contributed by atoms with Gasteiger partial charge in [0, 0.05) is 28.6 Å². The van der Waals surface area contributed by atoms with Gasteiger partial charge in [-0.1, -0.05) is 42.1 Å². The van der Waals surface area contributed by atoms with Crippen LogP contribution < -0.4 is 5.32 Å². The predicted octanol–water partition coefficient (Wildman–Crippen LogP) is 5.16. The first kappa shape index (κ1) is 17.3. The number of carbonyl (C=O) groups is 1. The molecule has 1 aliphatic heterocycles. The molecule has 25 heavy (non-hydrogen) atoms. The summed E-state index contributed by atoms with van der Waals surface area (Å²) in [6.45, 7) is 0. The number of rotatable bonds is 2. The molecule has 4 nitrogen and oxygen atoms in total. The maximum Gasteiger partial charge on any atom is 0.235 e. The molecule has 1 aliphatic carbocycles. The van der Waals surface area contributed by atoms with E-state index in [1.807, 2.05) is 23.9 Å². The van der Waals surface area contributed by atoms with Gasteiger partial charge in [0.05, 0.1) is 16.7 Å². The van der Waals surface area contributed by atoms with Gasteiger partial charge in [0.25, 0.3) is 0 Å². The Morgan fingerprint density at radius 2 is 2.04 bits per heavy atom. The van der Waals surface area contributed by atoms with E-state index >= 15 is 0 Å². The highest BCUT2D eigenvalue weighted by molar-refractivity contribution is 8.00. The monoisotopic (exact) mass is 395 g/mol. The molecule has 132 valence electrons. The van der Waals surface area contributed by atoms with Crippen LogP contribution in [0.25, 0.3) is 0 Å². The summed E-state index contributed by atoms with van der Waals surface area (Å²) in [6.07, 6.45) is 4.79. The van der Waals surface area contributed by atoms with Gasteiger partial charge in [0.1, 0.15) is 5.82 Å². The molecule has 7 heteroatoms. The van der Waals surface area contributed by atoms with Crippen molar-refractivity contribution in [3.63, 3.8) is 0 Å². The van der Waals surface area contributed by atoms with Gasteiger partial charge in [0.15, 0.2) is 0 Å². The summed E-state index contributed by atoms with van der Waals surface area (Å²) in [4.78, 5) is 12.2. The quantitative estimate of drug-likeness (QED) is 0.763. The molecular formula is C18H19Cl2N3OS. The summed E-state index contributed by atoms with van der Waals surface area (Å²) in [7, 11) is 1.90. The van der Waals surface area contributed by atoms with Crippen molar-refractivity contribution in [3.05, 3.63) is 45.1 Å². The Bertz CT molecular complexity index is 830. The lowest BCUT2D eigenvalue weighted by atomic mass is 9.95. The first-order valence-electron chi connectivity index (χ1n) is 8.48. The number of nitrogens with zero attached hydrogens (tertiary/aromatic N) is 2. The van der Waals surface area contributed by atoms with Crippen LogP contribution in [-0.2, 0) is 11.8 Å². The first-order valence-corrected chi connectivity index (χ1v) is 10.3. The minimum Gasteiger partial charge on any atom is -0.310 e. The third-order valence-electron chi connectivity index (χ3n) is 5.00. The standard InChI is InChI=1S/C18H19Cl2N3OS/c1-23-18-15(16(22-23)10-4-2-3-5-10)17(25-9-14(24)21-18)12-7-6-11(19)8-13(12)20/h6-8,10,17H,2-5,9H2,1H3,(H,21,24). The van der Waals surface area contributed by atoms with E-state index in [0.29, 0.717) is 21.7 Å². The van der Waals surface area contributed by atoms with Gasteiger partial charge in [-0.15, -0.1) is 11.8 Å². The van der Waals surface area contributed by atoms with E-state index in [-0.39, 0.29) is 11.2 Å². The average Bonchev–Trinajstić information content (AvgIpc) is 3.15. The van der Waals surface area contributed by atoms with Gasteiger partial charge in [-0.05, 0) is 30.5 Å². The van der Waals surface area contributed by atoms with E-state index in [1.165, 1.54) is 12.8 Å². The highest BCUT2D eigenvalue weighted by atomic mass is 35.5. The number of nitrogens with one attached hydrogen (secondary N) is 1. The second kappa shape index (κ2) is 6.86. The van der Waals surface area contributed by atoms with Gasteiger partial charge in [-0.3, -0.25) is 9.48 Å². The number of carbonyl (C=O) groups excluding carboxylic acids is 1. The smallest absolute Gasteiger partial charge is 0.235 e. The zero-order chi connectivity index (χ0) is 17.6. The Morgan fingerprint density at radius 3 is 2.76 bits per heavy atom. The van der Waals surface area contributed by atoms with E-state index < -0.39 is 0 Å². The van der Waals surface area contributed by atoms with Crippen LogP contribution >= 0.6 is 35.0 Å². The van der Waals surface area contributed by atoms with Gasteiger partial charge < -0.3 is 5.32 Å². The number of benzene rings is 1. The number of amides is 1. The van der Waals surface area contributed by atoms with Crippen molar-refractivity contribution in [1.82, 2.24) is 9.78 Å². The molecule has 1 saturated carbocycles. The summed E-state index contributed by atoms with van der Waals surface area (Å²) < 4.78 is 1.81. The van der Waals surface area contributed by atoms with Crippen LogP contribution in [0.5, 0.6) is 0 Å². The fraction of sp³-hybridized carbons (Fsp3) is 0.444. The van der Waals surface area contributed by atoms with Gasteiger partial charge in [-0.25, -0.2) is 0 Å². The first-order chi connectivity index (χ1) is 12.0. The molecular weight excluding hydrogens is 377 g/mol. The molecule has 2 heterocycles. The SMILES string of the molecule is Cn1nc(C2CCCC2)c2c1NC(=O)CSC2c1ccc(Cl)cc1Cl. The van der Waals surface area contributed by atoms with E-state index in [9.17, 15) is 4.79 Å². The van der Waals surface area contributed by atoms with Crippen LogP contribution in [0.4, 0.5) is 5.82 Å². The van der Waals surface area contributed by atoms with Gasteiger partial charge >= 0.3 is 0 Å². The number of hydrogen-bond acceptors (Lipinski definition) is 3. The van der Waals surface area contributed by atoms with E-state index in [4.69, 9.17) is 28.3 Å². The zero-order valence-corrected chi connectivity index (χ0v) is 16.2. The molecule has 1 amide bonds. The summed E-state index contributed by atoms with van der Waals surface area (Å²) in [5, 5.41) is 9.05. The molecule has 1 fully saturated rings. The maximum atomic E-state index is 12.2. The van der Waals surface area contributed by atoms with E-state index in [0.717, 1.165) is 35.5 Å². The maximum absolute atomic E-state index is 12.2. The minimum atomic E-state index is -0.0250. The Labute approximate surface area is 161 Å². The molecule has 1 aromatic carbocycles. The van der Waals surface area contributed by atoms with Crippen LogP contribution in [0, 0.1) is 0 Å². The third-order valence-corrected chi connectivity index (χ3v) is 6.81. The molecule has 0 spiro atoms. The van der Waals surface area contributed by atoms with Crippen LogP contribution in [0.3, 0.4) is 0 Å². The van der Waals surface area contributed by atoms with Crippen molar-refractivity contribution < 1.29 is 4.79 Å². The Kier molecular flexibility index (Phi) is 4.73. The van der Waals surface area contributed by atoms with Gasteiger partial charge in [-0.2, -0.15) is 5.10 Å². The van der Waals surface area contributed by atoms with Crippen LogP contribution in [0.2, 0.25) is 10.0 Å². The number of aryl methyl sites for hydroxylation is 1. The summed E-state index contributed by atoms with van der Waals surface area (Å²) in [5.74, 6) is 1.65. The summed E-state index contributed by atoms with van der Waals surface area (Å²) in [5.41, 5.74) is 3.20. The number of anilines is 1. The van der Waals surface area contributed by atoms with Crippen molar-refractivity contribution in [2.45, 2.75) is 36.9 Å². The molecule has 1 N–H and O–H groups in total. The minimum absolute atomic E-state index is 0.000178. The zero-order valence-electron chi connectivity index (χ0n) is 13.9. The number of fused-ring (bicyclic) bond motifs is 1. The van der Waals surface area contributed by atoms with Crippen molar-refractivity contribution >= 4 is 46.7 Å². The molecule has 4 rings (SSSR count). The predicted molar refractivity (Wildman–Crippen MR) is 104 cm³/mol. The Morgan fingerprint density at radius 1 is 1.28 bits per heavy atom. The van der Waals surface area contributed by atoms with E-state index in [2.05, 4.69) is 5.32 Å². The second-order valence-corrected chi connectivity index (χ2v) is 8.59. The van der Waals surface area contributed by atoms with Crippen LogP contribution in [0.15, 0.2) is 18.2 Å². The van der Waals surface area contributed by atoms with Crippen molar-refractivity contribution in [1.29, 1.82) is 0 Å². The molecule has 1 unspecified atom stereocenters. The van der Waals surface area contributed by atoms with Crippen molar-refractivity contribution in [3.8, 4) is 0 Å².